The third kappa shape index (κ3) is 12.2. The first-order chi connectivity index (χ1) is 18.7. The van der Waals surface area contributed by atoms with E-state index in [4.69, 9.17) is 10.2 Å². The van der Waals surface area contributed by atoms with Gasteiger partial charge in [-0.2, -0.15) is 0 Å². The Kier molecular flexibility index (Phi) is 13.5. The van der Waals surface area contributed by atoms with E-state index < -0.39 is 72.7 Å². The topological polar surface area (TPSA) is 220 Å². The van der Waals surface area contributed by atoms with E-state index >= 15 is 0 Å². The molecule has 0 aliphatic carbocycles. The average Bonchev–Trinajstić information content (AvgIpc) is 2.87. The largest absolute Gasteiger partial charge is 0.479 e. The smallest absolute Gasteiger partial charge is 0.338 e. The predicted octanol–water partition coefficient (Wildman–Crippen LogP) is -1.29. The van der Waals surface area contributed by atoms with Crippen molar-refractivity contribution in [2.45, 2.75) is 51.7 Å². The zero-order valence-electron chi connectivity index (χ0n) is 22.5. The van der Waals surface area contributed by atoms with Crippen molar-refractivity contribution in [2.75, 3.05) is 13.1 Å². The fraction of sp³-hybridized carbons (Fsp3) is 0.423. The lowest BCUT2D eigenvalue weighted by atomic mass is 10.0. The van der Waals surface area contributed by atoms with Gasteiger partial charge in [0.05, 0.1) is 13.1 Å². The van der Waals surface area contributed by atoms with Gasteiger partial charge in [-0.25, -0.2) is 9.59 Å². The molecule has 0 bridgehead atoms. The van der Waals surface area contributed by atoms with Gasteiger partial charge in [-0.1, -0.05) is 50.8 Å². The third-order valence-electron chi connectivity index (χ3n) is 5.29. The van der Waals surface area contributed by atoms with Crippen LogP contribution in [-0.2, 0) is 40.0 Å². The molecule has 2 atom stereocenters. The summed E-state index contributed by atoms with van der Waals surface area (Å²) < 4.78 is 0. The van der Waals surface area contributed by atoms with Crippen LogP contribution >= 0.6 is 0 Å². The first-order valence-corrected chi connectivity index (χ1v) is 12.3. The maximum atomic E-state index is 13.2. The molecule has 7 N–H and O–H groups in total. The summed E-state index contributed by atoms with van der Waals surface area (Å²) in [4.78, 5) is 84.2. The lowest BCUT2D eigenvalue weighted by Gasteiger charge is -2.24. The van der Waals surface area contributed by atoms with Crippen molar-refractivity contribution in [3.8, 4) is 0 Å². The normalized spacial score (nSPS) is 12.0. The molecule has 14 heteroatoms. The first kappa shape index (κ1) is 33.3. The van der Waals surface area contributed by atoms with Gasteiger partial charge in [-0.15, -0.1) is 0 Å². The van der Waals surface area contributed by atoms with Crippen molar-refractivity contribution in [1.82, 2.24) is 26.6 Å². The summed E-state index contributed by atoms with van der Waals surface area (Å²) in [7, 11) is 0. The molecule has 0 spiro atoms. The number of carboxylic acid groups (broad SMARTS) is 2. The van der Waals surface area contributed by atoms with Gasteiger partial charge in [0.1, 0.15) is 12.1 Å². The Morgan fingerprint density at radius 2 is 1.32 bits per heavy atom. The number of aliphatic carboxylic acids is 2. The van der Waals surface area contributed by atoms with E-state index in [1.54, 1.807) is 49.5 Å². The molecule has 1 aromatic rings. The Bertz CT molecular complexity index is 1110. The molecule has 40 heavy (non-hydrogen) atoms. The van der Waals surface area contributed by atoms with Crippen molar-refractivity contribution in [1.29, 1.82) is 0 Å². The molecular formula is C26H35N5O9. The summed E-state index contributed by atoms with van der Waals surface area (Å²) in [5.74, 6) is -7.40. The van der Waals surface area contributed by atoms with E-state index in [2.05, 4.69) is 27.8 Å². The monoisotopic (exact) mass is 561 g/mol. The van der Waals surface area contributed by atoms with E-state index in [9.17, 15) is 33.6 Å². The van der Waals surface area contributed by atoms with Crippen LogP contribution in [0.15, 0.2) is 42.5 Å². The van der Waals surface area contributed by atoms with Gasteiger partial charge >= 0.3 is 11.9 Å². The van der Waals surface area contributed by atoms with Crippen molar-refractivity contribution < 1.29 is 43.8 Å². The van der Waals surface area contributed by atoms with E-state index in [0.29, 0.717) is 5.56 Å². The maximum absolute atomic E-state index is 13.2. The van der Waals surface area contributed by atoms with Gasteiger partial charge in [-0.3, -0.25) is 24.0 Å². The number of benzene rings is 1. The van der Waals surface area contributed by atoms with E-state index in [1.807, 2.05) is 0 Å². The average molecular weight is 562 g/mol. The quantitative estimate of drug-likeness (QED) is 0.0941. The molecule has 0 saturated heterocycles. The Hall–Kier alpha value is -4.75. The number of hydrogen-bond acceptors (Lipinski definition) is 7. The highest BCUT2D eigenvalue weighted by Gasteiger charge is 2.30. The van der Waals surface area contributed by atoms with Gasteiger partial charge < -0.3 is 36.8 Å². The molecule has 0 aliphatic rings. The van der Waals surface area contributed by atoms with Gasteiger partial charge in [0.2, 0.25) is 35.6 Å². The highest BCUT2D eigenvalue weighted by molar-refractivity contribution is 6.01. The first-order valence-electron chi connectivity index (χ1n) is 12.3. The molecule has 2 unspecified atom stereocenters. The Labute approximate surface area is 231 Å². The standard InChI is InChI=1S/C26H35N5O9/c1-14(2)10-17(23(35)28-13-20(33)31-21(25(37)38)26(39)40)30-24(36)18(11-16-8-6-5-7-9-16)29-19(32)12-27-22(34)15(3)4/h5-9,14,17-18,21H,3,10-13H2,1-2,4H3,(H,27,34)(H,28,35)(H,29,32)(H,30,36)(H,31,33)(H,37,38)(H,39,40). The molecule has 0 aromatic heterocycles. The number of hydrogen-bond donors (Lipinski definition) is 7. The SMILES string of the molecule is C=C(C)C(=O)NCC(=O)NC(Cc1ccccc1)C(=O)NC(CC(C)C)C(=O)NCC(=O)NC(C(=O)O)C(=O)O. The molecule has 0 saturated carbocycles. The van der Waals surface area contributed by atoms with Crippen molar-refractivity contribution in [3.05, 3.63) is 48.0 Å². The van der Waals surface area contributed by atoms with Crippen LogP contribution in [0.5, 0.6) is 0 Å². The minimum absolute atomic E-state index is 0.0665. The Balaban J connectivity index is 2.97. The highest BCUT2D eigenvalue weighted by Crippen LogP contribution is 2.08. The van der Waals surface area contributed by atoms with Crippen LogP contribution in [-0.4, -0.2) is 82.9 Å². The van der Waals surface area contributed by atoms with Crippen LogP contribution in [0.2, 0.25) is 0 Å². The number of carbonyl (C=O) groups is 7. The van der Waals surface area contributed by atoms with Gasteiger partial charge in [0.25, 0.3) is 0 Å². The van der Waals surface area contributed by atoms with Crippen LogP contribution in [0, 0.1) is 5.92 Å². The zero-order chi connectivity index (χ0) is 30.4. The van der Waals surface area contributed by atoms with Gasteiger partial charge in [0, 0.05) is 12.0 Å². The molecule has 0 fully saturated rings. The Morgan fingerprint density at radius 1 is 0.775 bits per heavy atom. The van der Waals surface area contributed by atoms with Crippen molar-refractivity contribution >= 4 is 41.5 Å². The molecular weight excluding hydrogens is 526 g/mol. The summed E-state index contributed by atoms with van der Waals surface area (Å²) in [5, 5.41) is 29.3. The summed E-state index contributed by atoms with van der Waals surface area (Å²) >= 11 is 0. The number of nitrogens with one attached hydrogen (secondary N) is 5. The number of carboxylic acids is 2. The molecule has 5 amide bonds. The van der Waals surface area contributed by atoms with Crippen LogP contribution in [0.3, 0.4) is 0 Å². The molecule has 1 aromatic carbocycles. The number of carbonyl (C=O) groups excluding carboxylic acids is 5. The summed E-state index contributed by atoms with van der Waals surface area (Å²) in [6, 6.07) is 4.29. The Morgan fingerprint density at radius 3 is 1.85 bits per heavy atom. The second-order valence-corrected chi connectivity index (χ2v) is 9.36. The number of rotatable bonds is 16. The lowest BCUT2D eigenvalue weighted by Crippen LogP contribution is -2.56. The number of amides is 5. The molecule has 0 radical (unpaired) electrons. The minimum atomic E-state index is -2.20. The molecule has 0 heterocycles. The zero-order valence-corrected chi connectivity index (χ0v) is 22.5. The van der Waals surface area contributed by atoms with Crippen LogP contribution < -0.4 is 26.6 Å². The highest BCUT2D eigenvalue weighted by atomic mass is 16.4. The van der Waals surface area contributed by atoms with E-state index in [-0.39, 0.29) is 24.3 Å². The van der Waals surface area contributed by atoms with Gasteiger partial charge in [0.15, 0.2) is 0 Å². The lowest BCUT2D eigenvalue weighted by molar-refractivity contribution is -0.153. The third-order valence-corrected chi connectivity index (χ3v) is 5.29. The van der Waals surface area contributed by atoms with Crippen molar-refractivity contribution in [2.24, 2.45) is 5.92 Å². The van der Waals surface area contributed by atoms with Crippen molar-refractivity contribution in [3.63, 3.8) is 0 Å². The molecule has 0 aliphatic heterocycles. The van der Waals surface area contributed by atoms with Crippen LogP contribution in [0.25, 0.3) is 0 Å². The minimum Gasteiger partial charge on any atom is -0.479 e. The summed E-state index contributed by atoms with van der Waals surface area (Å²) in [6.45, 7) is 7.37. The second-order valence-electron chi connectivity index (χ2n) is 9.36. The molecule has 1 rings (SSSR count). The van der Waals surface area contributed by atoms with Gasteiger partial charge in [-0.05, 0) is 24.8 Å². The molecule has 218 valence electrons. The van der Waals surface area contributed by atoms with Crippen LogP contribution in [0.1, 0.15) is 32.8 Å². The van der Waals surface area contributed by atoms with E-state index in [0.717, 1.165) is 0 Å². The summed E-state index contributed by atoms with van der Waals surface area (Å²) in [5.41, 5.74) is 0.908. The molecule has 14 nitrogen and oxygen atoms in total. The fourth-order valence-corrected chi connectivity index (χ4v) is 3.32. The summed E-state index contributed by atoms with van der Waals surface area (Å²) in [6.07, 6.45) is 0.212. The predicted molar refractivity (Wildman–Crippen MR) is 141 cm³/mol. The van der Waals surface area contributed by atoms with Crippen LogP contribution in [0.4, 0.5) is 0 Å². The second kappa shape index (κ2) is 16.3. The fourth-order valence-electron chi connectivity index (χ4n) is 3.32. The maximum Gasteiger partial charge on any atom is 0.338 e. The van der Waals surface area contributed by atoms with E-state index in [1.165, 1.54) is 6.92 Å².